The van der Waals surface area contributed by atoms with Crippen molar-refractivity contribution >= 4 is 6.09 Å². The van der Waals surface area contributed by atoms with E-state index in [1.165, 1.54) is 0 Å². The Morgan fingerprint density at radius 3 is 2.62 bits per heavy atom. The lowest BCUT2D eigenvalue weighted by molar-refractivity contribution is -0.00267. The van der Waals surface area contributed by atoms with Crippen LogP contribution in [0.25, 0.3) is 0 Å². The van der Waals surface area contributed by atoms with Gasteiger partial charge >= 0.3 is 6.09 Å². The molecule has 0 aromatic carbocycles. The summed E-state index contributed by atoms with van der Waals surface area (Å²) in [6, 6.07) is 0.195. The summed E-state index contributed by atoms with van der Waals surface area (Å²) in [5, 5.41) is 9.62. The van der Waals surface area contributed by atoms with Gasteiger partial charge in [0.15, 0.2) is 0 Å². The number of hydrogen-bond donors (Lipinski definition) is 1. The highest BCUT2D eigenvalue weighted by molar-refractivity contribution is 5.69. The van der Waals surface area contributed by atoms with E-state index in [0.29, 0.717) is 13.0 Å². The molecule has 1 amide bonds. The van der Waals surface area contributed by atoms with Crippen molar-refractivity contribution in [2.75, 3.05) is 6.54 Å². The molecular weight excluding hydrogens is 206 g/mol. The van der Waals surface area contributed by atoms with Gasteiger partial charge in [0.2, 0.25) is 0 Å². The molecule has 1 aliphatic carbocycles. The van der Waals surface area contributed by atoms with Crippen LogP contribution < -0.4 is 0 Å². The molecule has 4 heteroatoms. The van der Waals surface area contributed by atoms with Gasteiger partial charge in [-0.05, 0) is 33.1 Å². The molecule has 1 saturated carbocycles. The van der Waals surface area contributed by atoms with Crippen molar-refractivity contribution in [1.82, 2.24) is 4.90 Å². The van der Waals surface area contributed by atoms with Crippen molar-refractivity contribution in [2.24, 2.45) is 5.92 Å². The zero-order valence-corrected chi connectivity index (χ0v) is 10.3. The highest BCUT2D eigenvalue weighted by atomic mass is 16.6. The van der Waals surface area contributed by atoms with Crippen molar-refractivity contribution in [3.05, 3.63) is 0 Å². The van der Waals surface area contributed by atoms with Gasteiger partial charge < -0.3 is 14.7 Å². The quantitative estimate of drug-likeness (QED) is 0.782. The fraction of sp³-hybridized carbons (Fsp3) is 0.917. The Balaban J connectivity index is 1.93. The van der Waals surface area contributed by atoms with Crippen molar-refractivity contribution in [1.29, 1.82) is 0 Å². The lowest BCUT2D eigenvalue weighted by Gasteiger charge is -2.32. The number of aliphatic hydroxyl groups excluding tert-OH is 1. The van der Waals surface area contributed by atoms with Crippen LogP contribution in [-0.4, -0.2) is 40.4 Å². The summed E-state index contributed by atoms with van der Waals surface area (Å²) < 4.78 is 5.46. The number of aliphatic hydroxyl groups is 1. The van der Waals surface area contributed by atoms with E-state index in [1.54, 1.807) is 4.90 Å². The van der Waals surface area contributed by atoms with Crippen LogP contribution in [0.5, 0.6) is 0 Å². The van der Waals surface area contributed by atoms with E-state index in [4.69, 9.17) is 4.74 Å². The van der Waals surface area contributed by atoms with Gasteiger partial charge in [-0.25, -0.2) is 4.79 Å². The summed E-state index contributed by atoms with van der Waals surface area (Å²) in [7, 11) is 0. The number of fused-ring (bicyclic) bond motifs is 2. The number of carbonyl (C=O) groups excluding carboxylic acids is 1. The maximum Gasteiger partial charge on any atom is 0.410 e. The zero-order chi connectivity index (χ0) is 11.9. The second-order valence-electron chi connectivity index (χ2n) is 5.59. The largest absolute Gasteiger partial charge is 0.443 e. The summed E-state index contributed by atoms with van der Waals surface area (Å²) in [6.45, 7) is 6.51. The lowest BCUT2D eigenvalue weighted by Crippen LogP contribution is -2.44. The minimum atomic E-state index is -0.391. The molecule has 1 aliphatic heterocycles. The summed E-state index contributed by atoms with van der Waals surface area (Å²) in [6.07, 6.45) is 2.03. The first-order valence-electron chi connectivity index (χ1n) is 6.10. The maximum atomic E-state index is 11.9. The number of piperidine rings is 1. The van der Waals surface area contributed by atoms with Crippen molar-refractivity contribution in [3.63, 3.8) is 0 Å². The number of rotatable bonds is 2. The monoisotopic (exact) mass is 227 g/mol. The summed E-state index contributed by atoms with van der Waals surface area (Å²) in [5.41, 5.74) is -0.391. The average molecular weight is 227 g/mol. The Morgan fingerprint density at radius 1 is 1.50 bits per heavy atom. The van der Waals surface area contributed by atoms with Gasteiger partial charge in [-0.1, -0.05) is 6.92 Å². The molecule has 2 rings (SSSR count). The highest BCUT2D eigenvalue weighted by Gasteiger charge is 2.47. The number of ether oxygens (including phenoxy) is 1. The summed E-state index contributed by atoms with van der Waals surface area (Å²) >= 11 is 0. The molecule has 3 atom stereocenters. The van der Waals surface area contributed by atoms with Gasteiger partial charge in [0.25, 0.3) is 0 Å². The van der Waals surface area contributed by atoms with E-state index in [2.05, 4.69) is 0 Å². The van der Waals surface area contributed by atoms with Crippen LogP contribution in [0, 0.1) is 5.92 Å². The van der Waals surface area contributed by atoms with Crippen LogP contribution in [0.1, 0.15) is 40.0 Å². The Labute approximate surface area is 96.6 Å². The lowest BCUT2D eigenvalue weighted by atomic mass is 10.1. The van der Waals surface area contributed by atoms with Crippen LogP contribution in [0.3, 0.4) is 0 Å². The van der Waals surface area contributed by atoms with E-state index in [0.717, 1.165) is 12.8 Å². The molecule has 1 saturated heterocycles. The van der Waals surface area contributed by atoms with Gasteiger partial charge in [-0.15, -0.1) is 0 Å². The van der Waals surface area contributed by atoms with Crippen LogP contribution in [0.4, 0.5) is 4.79 Å². The van der Waals surface area contributed by atoms with Crippen molar-refractivity contribution in [2.45, 2.75) is 57.8 Å². The Morgan fingerprint density at radius 2 is 2.19 bits per heavy atom. The molecule has 0 spiro atoms. The number of hydrogen-bond acceptors (Lipinski definition) is 3. The van der Waals surface area contributed by atoms with E-state index in [9.17, 15) is 9.90 Å². The minimum absolute atomic E-state index is 0.195. The zero-order valence-electron chi connectivity index (χ0n) is 10.3. The molecule has 92 valence electrons. The number of carbonyl (C=O) groups is 1. The average Bonchev–Trinajstić information content (AvgIpc) is 2.75. The highest BCUT2D eigenvalue weighted by Crippen LogP contribution is 2.38. The third-order valence-corrected chi connectivity index (χ3v) is 3.95. The van der Waals surface area contributed by atoms with Crippen LogP contribution in [-0.2, 0) is 4.74 Å². The van der Waals surface area contributed by atoms with Gasteiger partial charge in [-0.2, -0.15) is 0 Å². The molecular formula is C12H21NO3. The molecule has 2 aliphatic rings. The third-order valence-electron chi connectivity index (χ3n) is 3.95. The van der Waals surface area contributed by atoms with E-state index in [-0.39, 0.29) is 24.2 Å². The van der Waals surface area contributed by atoms with Gasteiger partial charge in [0.05, 0.1) is 6.10 Å². The smallest absolute Gasteiger partial charge is 0.410 e. The molecule has 1 heterocycles. The summed E-state index contributed by atoms with van der Waals surface area (Å²) in [4.78, 5) is 13.7. The number of amides is 1. The van der Waals surface area contributed by atoms with Crippen molar-refractivity contribution in [3.8, 4) is 0 Å². The topological polar surface area (TPSA) is 49.8 Å². The predicted molar refractivity (Wildman–Crippen MR) is 60.1 cm³/mol. The molecule has 2 fully saturated rings. The third kappa shape index (κ3) is 2.03. The first kappa shape index (κ1) is 11.7. The Kier molecular flexibility index (Phi) is 2.86. The second-order valence-corrected chi connectivity index (χ2v) is 5.59. The van der Waals surface area contributed by atoms with E-state index >= 15 is 0 Å². The fourth-order valence-corrected chi connectivity index (χ4v) is 2.52. The predicted octanol–water partition coefficient (Wildman–Crippen LogP) is 1.77. The van der Waals surface area contributed by atoms with E-state index in [1.807, 2.05) is 20.8 Å². The molecule has 16 heavy (non-hydrogen) atoms. The standard InChI is InChI=1S/C12H21NO3/c1-4-12(2,3)16-11(15)13-7-8-5-9(13)6-10(8)14/h8-10,14H,4-7H2,1-3H3. The number of likely N-dealkylation sites (tertiary alicyclic amines) is 1. The van der Waals surface area contributed by atoms with E-state index < -0.39 is 5.60 Å². The summed E-state index contributed by atoms with van der Waals surface area (Å²) in [5.74, 6) is 0.266. The molecule has 0 aromatic heterocycles. The molecule has 0 radical (unpaired) electrons. The first-order valence-corrected chi connectivity index (χ1v) is 6.10. The Hall–Kier alpha value is -0.770. The molecule has 1 N–H and O–H groups in total. The van der Waals surface area contributed by atoms with Gasteiger partial charge in [0.1, 0.15) is 5.60 Å². The molecule has 0 aromatic rings. The van der Waals surface area contributed by atoms with Crippen molar-refractivity contribution < 1.29 is 14.6 Å². The molecule has 2 bridgehead atoms. The molecule has 4 nitrogen and oxygen atoms in total. The second kappa shape index (κ2) is 3.91. The maximum absolute atomic E-state index is 11.9. The van der Waals surface area contributed by atoms with Gasteiger partial charge in [-0.3, -0.25) is 0 Å². The minimum Gasteiger partial charge on any atom is -0.443 e. The molecule has 3 unspecified atom stereocenters. The van der Waals surface area contributed by atoms with Crippen LogP contribution in [0.15, 0.2) is 0 Å². The van der Waals surface area contributed by atoms with Crippen LogP contribution >= 0.6 is 0 Å². The fourth-order valence-electron chi connectivity index (χ4n) is 2.52. The van der Waals surface area contributed by atoms with Gasteiger partial charge in [0, 0.05) is 18.5 Å². The van der Waals surface area contributed by atoms with Crippen LogP contribution in [0.2, 0.25) is 0 Å². The Bertz CT molecular complexity index is 288. The normalized spacial score (nSPS) is 33.2. The SMILES string of the molecule is CCC(C)(C)OC(=O)N1CC2CC1CC2O. The number of nitrogens with zero attached hydrogens (tertiary/aromatic N) is 1. The first-order chi connectivity index (χ1) is 7.43.